The number of benzene rings is 1. The summed E-state index contributed by atoms with van der Waals surface area (Å²) in [5.74, 6) is 0.778. The van der Waals surface area contributed by atoms with Gasteiger partial charge in [-0.2, -0.15) is 0 Å². The van der Waals surface area contributed by atoms with Gasteiger partial charge in [-0.3, -0.25) is 4.98 Å². The lowest BCUT2D eigenvalue weighted by Crippen LogP contribution is -2.03. The lowest BCUT2D eigenvalue weighted by Gasteiger charge is -2.08. The lowest BCUT2D eigenvalue weighted by atomic mass is 10.1. The van der Waals surface area contributed by atoms with Crippen LogP contribution in [0.25, 0.3) is 22.1 Å². The van der Waals surface area contributed by atoms with E-state index in [1.807, 2.05) is 36.4 Å². The van der Waals surface area contributed by atoms with Crippen molar-refractivity contribution in [1.82, 2.24) is 4.98 Å². The molecule has 0 saturated carbocycles. The van der Waals surface area contributed by atoms with Gasteiger partial charge in [-0.05, 0) is 42.7 Å². The van der Waals surface area contributed by atoms with Gasteiger partial charge >= 0.3 is 5.63 Å². The molecule has 0 saturated heterocycles. The summed E-state index contributed by atoms with van der Waals surface area (Å²) < 4.78 is 16.4. The summed E-state index contributed by atoms with van der Waals surface area (Å²) in [5.41, 5.74) is 1.46. The number of methoxy groups -OCH3 is 1. The van der Waals surface area contributed by atoms with Gasteiger partial charge in [0.25, 0.3) is 0 Å². The minimum Gasteiger partial charge on any atom is -0.494 e. The zero-order chi connectivity index (χ0) is 21.0. The molecule has 0 aliphatic carbocycles. The molecule has 3 rings (SSSR count). The standard InChI is InChI=1S/C25H31NO4/c1-28-15-8-6-4-2-3-5-7-9-16-29-22-12-10-11-20(17-22)23-18-21-13-14-26-19-24(21)30-25(23)27/h10-14,17-19H,2-9,15-16H2,1H3. The van der Waals surface area contributed by atoms with Crippen LogP contribution in [0.2, 0.25) is 0 Å². The molecule has 30 heavy (non-hydrogen) atoms. The van der Waals surface area contributed by atoms with Gasteiger partial charge in [0.2, 0.25) is 0 Å². The molecule has 5 heteroatoms. The number of unbranched alkanes of at least 4 members (excludes halogenated alkanes) is 7. The Hall–Kier alpha value is -2.66. The van der Waals surface area contributed by atoms with Crippen molar-refractivity contribution in [3.63, 3.8) is 0 Å². The van der Waals surface area contributed by atoms with Gasteiger partial charge in [0.15, 0.2) is 5.58 Å². The first-order chi connectivity index (χ1) is 14.8. The van der Waals surface area contributed by atoms with Crippen LogP contribution >= 0.6 is 0 Å². The molecule has 0 aliphatic heterocycles. The average Bonchev–Trinajstić information content (AvgIpc) is 2.77. The monoisotopic (exact) mass is 409 g/mol. The predicted octanol–water partition coefficient (Wildman–Crippen LogP) is 6.00. The van der Waals surface area contributed by atoms with E-state index in [1.54, 1.807) is 19.5 Å². The van der Waals surface area contributed by atoms with Crippen molar-refractivity contribution in [2.45, 2.75) is 51.4 Å². The number of aromatic nitrogens is 1. The van der Waals surface area contributed by atoms with Crippen LogP contribution in [0, 0.1) is 0 Å². The number of hydrogen-bond donors (Lipinski definition) is 0. The summed E-state index contributed by atoms with van der Waals surface area (Å²) in [6.45, 7) is 1.57. The smallest absolute Gasteiger partial charge is 0.344 e. The lowest BCUT2D eigenvalue weighted by molar-refractivity contribution is 0.192. The van der Waals surface area contributed by atoms with Crippen molar-refractivity contribution >= 4 is 11.0 Å². The minimum absolute atomic E-state index is 0.366. The Morgan fingerprint density at radius 1 is 0.900 bits per heavy atom. The summed E-state index contributed by atoms with van der Waals surface area (Å²) in [6, 6.07) is 11.3. The summed E-state index contributed by atoms with van der Waals surface area (Å²) in [4.78, 5) is 16.4. The molecule has 1 aromatic carbocycles. The molecule has 0 unspecified atom stereocenters. The van der Waals surface area contributed by atoms with Crippen molar-refractivity contribution in [2.24, 2.45) is 0 Å². The highest BCUT2D eigenvalue weighted by atomic mass is 16.5. The van der Waals surface area contributed by atoms with Crippen LogP contribution in [0.4, 0.5) is 0 Å². The summed E-state index contributed by atoms with van der Waals surface area (Å²) >= 11 is 0. The zero-order valence-electron chi connectivity index (χ0n) is 17.8. The van der Waals surface area contributed by atoms with E-state index in [0.29, 0.717) is 17.8 Å². The Bertz CT molecular complexity index is 967. The maximum absolute atomic E-state index is 12.4. The maximum atomic E-state index is 12.4. The SMILES string of the molecule is COCCCCCCCCCCOc1cccc(-c2cc3ccncc3oc2=O)c1. The first kappa shape index (κ1) is 22.0. The van der Waals surface area contributed by atoms with E-state index in [-0.39, 0.29) is 5.63 Å². The van der Waals surface area contributed by atoms with Gasteiger partial charge in [-0.25, -0.2) is 4.79 Å². The van der Waals surface area contributed by atoms with Crippen LogP contribution in [-0.2, 0) is 4.74 Å². The Kier molecular flexibility index (Phi) is 8.91. The van der Waals surface area contributed by atoms with Crippen LogP contribution in [0.1, 0.15) is 51.4 Å². The summed E-state index contributed by atoms with van der Waals surface area (Å²) in [7, 11) is 1.76. The van der Waals surface area contributed by atoms with E-state index >= 15 is 0 Å². The Morgan fingerprint density at radius 2 is 1.63 bits per heavy atom. The van der Waals surface area contributed by atoms with Crippen molar-refractivity contribution in [2.75, 3.05) is 20.3 Å². The number of ether oxygens (including phenoxy) is 2. The minimum atomic E-state index is -0.366. The van der Waals surface area contributed by atoms with Gasteiger partial charge in [-0.1, -0.05) is 50.7 Å². The van der Waals surface area contributed by atoms with Crippen LogP contribution in [0.5, 0.6) is 5.75 Å². The quantitative estimate of drug-likeness (QED) is 0.324. The topological polar surface area (TPSA) is 61.6 Å². The Balaban J connectivity index is 1.43. The summed E-state index contributed by atoms with van der Waals surface area (Å²) in [5, 5.41) is 0.851. The van der Waals surface area contributed by atoms with Crippen LogP contribution in [0.15, 0.2) is 58.0 Å². The fourth-order valence-corrected chi connectivity index (χ4v) is 3.52. The summed E-state index contributed by atoms with van der Waals surface area (Å²) in [6.07, 6.45) is 13.0. The number of rotatable bonds is 13. The number of nitrogens with zero attached hydrogens (tertiary/aromatic N) is 1. The third-order valence-corrected chi connectivity index (χ3v) is 5.20. The molecular weight excluding hydrogens is 378 g/mol. The molecule has 3 aromatic rings. The van der Waals surface area contributed by atoms with Crippen molar-refractivity contribution < 1.29 is 13.9 Å². The fraction of sp³-hybridized carbons (Fsp3) is 0.440. The van der Waals surface area contributed by atoms with Crippen LogP contribution in [-0.4, -0.2) is 25.3 Å². The van der Waals surface area contributed by atoms with Crippen molar-refractivity contribution in [3.8, 4) is 16.9 Å². The molecule has 2 aromatic heterocycles. The molecule has 0 spiro atoms. The van der Waals surface area contributed by atoms with E-state index in [9.17, 15) is 4.79 Å². The maximum Gasteiger partial charge on any atom is 0.344 e. The molecule has 0 amide bonds. The molecule has 160 valence electrons. The second kappa shape index (κ2) is 12.1. The zero-order valence-corrected chi connectivity index (χ0v) is 17.8. The van der Waals surface area contributed by atoms with Gasteiger partial charge in [-0.15, -0.1) is 0 Å². The molecular formula is C25H31NO4. The Labute approximate surface area is 178 Å². The largest absolute Gasteiger partial charge is 0.494 e. The highest BCUT2D eigenvalue weighted by Gasteiger charge is 2.09. The molecule has 2 heterocycles. The highest BCUT2D eigenvalue weighted by Crippen LogP contribution is 2.24. The molecule has 0 aliphatic rings. The highest BCUT2D eigenvalue weighted by molar-refractivity contribution is 5.80. The van der Waals surface area contributed by atoms with Gasteiger partial charge in [0.05, 0.1) is 18.4 Å². The first-order valence-corrected chi connectivity index (χ1v) is 10.9. The number of hydrogen-bond acceptors (Lipinski definition) is 5. The normalized spacial score (nSPS) is 11.1. The van der Waals surface area contributed by atoms with Crippen LogP contribution < -0.4 is 10.4 Å². The van der Waals surface area contributed by atoms with Gasteiger partial charge in [0.1, 0.15) is 5.75 Å². The molecule has 0 radical (unpaired) electrons. The van der Waals surface area contributed by atoms with Crippen molar-refractivity contribution in [1.29, 1.82) is 0 Å². The third kappa shape index (κ3) is 6.70. The number of pyridine rings is 1. The molecule has 5 nitrogen and oxygen atoms in total. The van der Waals surface area contributed by atoms with E-state index in [4.69, 9.17) is 13.9 Å². The second-order valence-electron chi connectivity index (χ2n) is 7.56. The van der Waals surface area contributed by atoms with E-state index in [0.717, 1.165) is 29.7 Å². The average molecular weight is 410 g/mol. The molecule has 0 atom stereocenters. The molecule has 0 fully saturated rings. The predicted molar refractivity (Wildman–Crippen MR) is 120 cm³/mol. The van der Waals surface area contributed by atoms with E-state index in [1.165, 1.54) is 44.9 Å². The first-order valence-electron chi connectivity index (χ1n) is 10.9. The fourth-order valence-electron chi connectivity index (χ4n) is 3.52. The second-order valence-corrected chi connectivity index (χ2v) is 7.56. The Morgan fingerprint density at radius 3 is 2.40 bits per heavy atom. The van der Waals surface area contributed by atoms with Gasteiger partial charge < -0.3 is 13.9 Å². The van der Waals surface area contributed by atoms with Crippen LogP contribution in [0.3, 0.4) is 0 Å². The van der Waals surface area contributed by atoms with Crippen molar-refractivity contribution in [3.05, 3.63) is 59.2 Å². The number of fused-ring (bicyclic) bond motifs is 1. The van der Waals surface area contributed by atoms with E-state index in [2.05, 4.69) is 4.98 Å². The molecule has 0 bridgehead atoms. The van der Waals surface area contributed by atoms with Gasteiger partial charge in [0, 0.05) is 25.3 Å². The third-order valence-electron chi connectivity index (χ3n) is 5.20. The van der Waals surface area contributed by atoms with E-state index < -0.39 is 0 Å². The molecule has 0 N–H and O–H groups in total.